The monoisotopic (exact) mass is 556 g/mol. The first-order chi connectivity index (χ1) is 18.0. The van der Waals surface area contributed by atoms with E-state index in [2.05, 4.69) is 6.92 Å². The Hall–Kier alpha value is -1.50. The number of ether oxygens (including phenoxy) is 5. The fraction of sp³-hybridized carbons (Fsp3) is 0.913. The molecule has 0 radical (unpaired) electrons. The van der Waals surface area contributed by atoms with Gasteiger partial charge in [0.05, 0.1) is 13.2 Å². The third kappa shape index (κ3) is 9.02. The summed E-state index contributed by atoms with van der Waals surface area (Å²) in [6.07, 6.45) is -13.6. The van der Waals surface area contributed by atoms with Crippen molar-refractivity contribution in [1.82, 2.24) is 0 Å². The lowest BCUT2D eigenvalue weighted by atomic mass is 9.98. The number of carbonyl (C=O) groups excluding carboxylic acids is 1. The van der Waals surface area contributed by atoms with Crippen LogP contribution in [0, 0.1) is 0 Å². The van der Waals surface area contributed by atoms with E-state index >= 15 is 0 Å². The minimum absolute atomic E-state index is 0.172. The molecule has 15 nitrogen and oxygen atoms in total. The molecule has 222 valence electrons. The first kappa shape index (κ1) is 32.7. The zero-order valence-corrected chi connectivity index (χ0v) is 21.2. The summed E-state index contributed by atoms with van der Waals surface area (Å²) in [5, 5.41) is 79.3. The van der Waals surface area contributed by atoms with Crippen LogP contribution in [0.25, 0.3) is 0 Å². The Morgan fingerprint density at radius 1 is 0.763 bits per heavy atom. The number of esters is 1. The molecule has 0 aliphatic carbocycles. The molecule has 8 N–H and O–H groups in total. The van der Waals surface area contributed by atoms with Crippen LogP contribution in [-0.2, 0) is 33.3 Å². The Bertz CT molecular complexity index is 723. The van der Waals surface area contributed by atoms with Gasteiger partial charge in [-0.25, -0.2) is 4.79 Å². The summed E-state index contributed by atoms with van der Waals surface area (Å²) in [4.78, 5) is 23.1. The standard InChI is InChI=1S/C23H40O15/c1-2-3-4-5-6-7-14(25)34-9-12-15(26)17(28)19(30)22(37-12)35-10-13-16(27)18(29)20(31)23(38-13)36-11(8-24)21(32)33/h11-13,15-20,22-24,26-31H,2-10H2,1H3,(H,32,33)/t11-,12-,13-,15-,16+,17+,18+,19-,20-,22+,23+/m1/s1. The van der Waals surface area contributed by atoms with E-state index in [0.717, 1.165) is 25.7 Å². The normalized spacial score (nSPS) is 36.5. The molecule has 2 rings (SSSR count). The number of hydrogen-bond acceptors (Lipinski definition) is 14. The van der Waals surface area contributed by atoms with E-state index in [9.17, 15) is 40.2 Å². The van der Waals surface area contributed by atoms with Crippen LogP contribution in [-0.4, -0.2) is 140 Å². The lowest BCUT2D eigenvalue weighted by molar-refractivity contribution is -0.335. The van der Waals surface area contributed by atoms with Crippen molar-refractivity contribution in [3.05, 3.63) is 0 Å². The second-order valence-electron chi connectivity index (χ2n) is 9.36. The second-order valence-corrected chi connectivity index (χ2v) is 9.36. The molecule has 0 unspecified atom stereocenters. The number of rotatable bonds is 15. The first-order valence-electron chi connectivity index (χ1n) is 12.7. The summed E-state index contributed by atoms with van der Waals surface area (Å²) in [5.74, 6) is -2.08. The highest BCUT2D eigenvalue weighted by Crippen LogP contribution is 2.26. The molecule has 2 heterocycles. The van der Waals surface area contributed by atoms with Crippen LogP contribution in [0.5, 0.6) is 0 Å². The molecule has 15 heteroatoms. The SMILES string of the molecule is CCCCCCCC(=O)OC[C@H]1O[C@H](OC[C@H]2O[C@H](O[C@H](CO)C(=O)O)[C@H](O)[C@@H](O)[C@H]2O)[C@H](O)[C@@H](O)[C@@H]1O. The molecule has 0 aromatic carbocycles. The largest absolute Gasteiger partial charge is 0.479 e. The van der Waals surface area contributed by atoms with Crippen LogP contribution in [0.3, 0.4) is 0 Å². The average molecular weight is 557 g/mol. The van der Waals surface area contributed by atoms with E-state index < -0.39 is 99.3 Å². The van der Waals surface area contributed by atoms with Gasteiger partial charge in [0.25, 0.3) is 0 Å². The van der Waals surface area contributed by atoms with Crippen molar-refractivity contribution in [2.75, 3.05) is 19.8 Å². The molecule has 0 aromatic heterocycles. The smallest absolute Gasteiger partial charge is 0.335 e. The van der Waals surface area contributed by atoms with Crippen LogP contribution >= 0.6 is 0 Å². The van der Waals surface area contributed by atoms with E-state index in [-0.39, 0.29) is 6.42 Å². The van der Waals surface area contributed by atoms with Gasteiger partial charge in [-0.2, -0.15) is 0 Å². The summed E-state index contributed by atoms with van der Waals surface area (Å²) in [6, 6.07) is 0. The van der Waals surface area contributed by atoms with E-state index in [1.54, 1.807) is 0 Å². The third-order valence-corrected chi connectivity index (χ3v) is 6.39. The van der Waals surface area contributed by atoms with Crippen molar-refractivity contribution in [3.8, 4) is 0 Å². The molecule has 11 atom stereocenters. The topological polar surface area (TPSA) is 242 Å². The maximum Gasteiger partial charge on any atom is 0.335 e. The molecule has 0 saturated carbocycles. The second kappa shape index (κ2) is 15.9. The Kier molecular flexibility index (Phi) is 13.7. The summed E-state index contributed by atoms with van der Waals surface area (Å²) in [7, 11) is 0. The van der Waals surface area contributed by atoms with Crippen molar-refractivity contribution < 1.29 is 74.1 Å². The van der Waals surface area contributed by atoms with Crippen molar-refractivity contribution in [3.63, 3.8) is 0 Å². The maximum atomic E-state index is 12.0. The Balaban J connectivity index is 1.92. The van der Waals surface area contributed by atoms with Crippen molar-refractivity contribution in [1.29, 1.82) is 0 Å². The molecular formula is C23H40O15. The zero-order valence-electron chi connectivity index (χ0n) is 21.2. The van der Waals surface area contributed by atoms with Crippen LogP contribution in [0.1, 0.15) is 45.4 Å². The number of hydrogen-bond donors (Lipinski definition) is 8. The molecule has 0 spiro atoms. The summed E-state index contributed by atoms with van der Waals surface area (Å²) < 4.78 is 26.3. The quantitative estimate of drug-likeness (QED) is 0.0739. The molecule has 2 aliphatic heterocycles. The molecule has 2 saturated heterocycles. The van der Waals surface area contributed by atoms with Crippen LogP contribution in [0.4, 0.5) is 0 Å². The van der Waals surface area contributed by atoms with Crippen molar-refractivity contribution in [2.24, 2.45) is 0 Å². The van der Waals surface area contributed by atoms with Gasteiger partial charge in [0.15, 0.2) is 18.7 Å². The minimum atomic E-state index is -1.87. The van der Waals surface area contributed by atoms with Crippen LogP contribution < -0.4 is 0 Å². The average Bonchev–Trinajstić information content (AvgIpc) is 2.89. The molecule has 0 amide bonds. The number of aliphatic carboxylic acids is 1. The molecule has 0 bridgehead atoms. The lowest BCUT2D eigenvalue weighted by Crippen LogP contribution is -2.62. The lowest BCUT2D eigenvalue weighted by Gasteiger charge is -2.43. The van der Waals surface area contributed by atoms with Gasteiger partial charge < -0.3 is 64.5 Å². The van der Waals surface area contributed by atoms with Gasteiger partial charge in [0.2, 0.25) is 0 Å². The van der Waals surface area contributed by atoms with Crippen molar-refractivity contribution in [2.45, 2.75) is 113 Å². The molecule has 0 aromatic rings. The predicted octanol–water partition coefficient (Wildman–Crippen LogP) is -3.02. The van der Waals surface area contributed by atoms with Gasteiger partial charge in [-0.15, -0.1) is 0 Å². The molecule has 2 aliphatic rings. The van der Waals surface area contributed by atoms with Crippen LogP contribution in [0.2, 0.25) is 0 Å². The van der Waals surface area contributed by atoms with Gasteiger partial charge >= 0.3 is 11.9 Å². The highest BCUT2D eigenvalue weighted by Gasteiger charge is 2.48. The van der Waals surface area contributed by atoms with E-state index in [1.165, 1.54) is 0 Å². The maximum absolute atomic E-state index is 12.0. The van der Waals surface area contributed by atoms with Gasteiger partial charge in [-0.3, -0.25) is 4.79 Å². The number of carboxylic acids is 1. The minimum Gasteiger partial charge on any atom is -0.479 e. The van der Waals surface area contributed by atoms with E-state index in [4.69, 9.17) is 33.9 Å². The Morgan fingerprint density at radius 2 is 1.32 bits per heavy atom. The summed E-state index contributed by atoms with van der Waals surface area (Å²) in [6.45, 7) is 0.0655. The number of aliphatic hydroxyl groups is 7. The molecular weight excluding hydrogens is 516 g/mol. The number of aliphatic hydroxyl groups excluding tert-OH is 7. The molecule has 2 fully saturated rings. The van der Waals surface area contributed by atoms with Crippen molar-refractivity contribution >= 4 is 11.9 Å². The predicted molar refractivity (Wildman–Crippen MR) is 123 cm³/mol. The highest BCUT2D eigenvalue weighted by atomic mass is 16.7. The number of carboxylic acid groups (broad SMARTS) is 1. The molecule has 38 heavy (non-hydrogen) atoms. The first-order valence-corrected chi connectivity index (χ1v) is 12.7. The van der Waals surface area contributed by atoms with E-state index in [0.29, 0.717) is 6.42 Å². The van der Waals surface area contributed by atoms with Gasteiger partial charge in [0.1, 0.15) is 55.4 Å². The Labute approximate surface area is 219 Å². The van der Waals surface area contributed by atoms with Gasteiger partial charge in [-0.05, 0) is 6.42 Å². The van der Waals surface area contributed by atoms with Crippen LogP contribution in [0.15, 0.2) is 0 Å². The fourth-order valence-corrected chi connectivity index (χ4v) is 4.01. The summed E-state index contributed by atoms with van der Waals surface area (Å²) >= 11 is 0. The van der Waals surface area contributed by atoms with E-state index in [1.807, 2.05) is 0 Å². The number of unbranched alkanes of at least 4 members (excludes halogenated alkanes) is 4. The fourth-order valence-electron chi connectivity index (χ4n) is 4.01. The van der Waals surface area contributed by atoms with Gasteiger partial charge in [0, 0.05) is 6.42 Å². The Morgan fingerprint density at radius 3 is 1.89 bits per heavy atom. The van der Waals surface area contributed by atoms with Gasteiger partial charge in [-0.1, -0.05) is 32.6 Å². The summed E-state index contributed by atoms with van der Waals surface area (Å²) in [5.41, 5.74) is 0. The number of carbonyl (C=O) groups is 2. The zero-order chi connectivity index (χ0) is 28.4. The highest BCUT2D eigenvalue weighted by molar-refractivity contribution is 5.72. The third-order valence-electron chi connectivity index (χ3n) is 6.39.